The monoisotopic (exact) mass is 293 g/mol. The summed E-state index contributed by atoms with van der Waals surface area (Å²) in [6.07, 6.45) is 3.54. The van der Waals surface area contributed by atoms with Gasteiger partial charge in [-0.15, -0.1) is 0 Å². The molecule has 114 valence electrons. The van der Waals surface area contributed by atoms with E-state index in [2.05, 4.69) is 20.0 Å². The number of carbonyl (C=O) groups excluding carboxylic acids is 1. The lowest BCUT2D eigenvalue weighted by atomic mass is 9.93. The number of methoxy groups -OCH3 is 1. The van der Waals surface area contributed by atoms with Crippen LogP contribution in [0.4, 0.5) is 5.82 Å². The van der Waals surface area contributed by atoms with E-state index in [0.29, 0.717) is 11.5 Å². The SMILES string of the molecule is COC(=O)c1nc(C)cc(NC2(CC(=O)O)CCCC2)n1. The number of carboxylic acid groups (broad SMARTS) is 1. The fourth-order valence-electron chi connectivity index (χ4n) is 2.77. The highest BCUT2D eigenvalue weighted by molar-refractivity contribution is 5.85. The van der Waals surface area contributed by atoms with Gasteiger partial charge in [-0.05, 0) is 19.8 Å². The molecule has 1 saturated carbocycles. The van der Waals surface area contributed by atoms with Crippen molar-refractivity contribution in [3.8, 4) is 0 Å². The fourth-order valence-corrected chi connectivity index (χ4v) is 2.77. The van der Waals surface area contributed by atoms with Gasteiger partial charge in [-0.25, -0.2) is 14.8 Å². The standard InChI is InChI=1S/C14H19N3O4/c1-9-7-10(16-12(15-9)13(20)21-2)17-14(8-11(18)19)5-3-4-6-14/h7H,3-6,8H2,1-2H3,(H,18,19)(H,15,16,17). The Balaban J connectivity index is 2.26. The van der Waals surface area contributed by atoms with Gasteiger partial charge in [0, 0.05) is 17.3 Å². The van der Waals surface area contributed by atoms with E-state index in [1.165, 1.54) is 7.11 Å². The lowest BCUT2D eigenvalue weighted by molar-refractivity contribution is -0.138. The first-order valence-electron chi connectivity index (χ1n) is 6.88. The van der Waals surface area contributed by atoms with Gasteiger partial charge in [0.2, 0.25) is 5.82 Å². The van der Waals surface area contributed by atoms with Gasteiger partial charge in [0.05, 0.1) is 13.5 Å². The third-order valence-corrected chi connectivity index (χ3v) is 3.67. The van der Waals surface area contributed by atoms with Crippen LogP contribution in [0.5, 0.6) is 0 Å². The molecule has 0 amide bonds. The second-order valence-electron chi connectivity index (χ2n) is 5.39. The lowest BCUT2D eigenvalue weighted by Gasteiger charge is -2.29. The van der Waals surface area contributed by atoms with Crippen molar-refractivity contribution in [1.82, 2.24) is 9.97 Å². The minimum Gasteiger partial charge on any atom is -0.481 e. The number of hydrogen-bond donors (Lipinski definition) is 2. The van der Waals surface area contributed by atoms with Crippen molar-refractivity contribution in [2.45, 2.75) is 44.6 Å². The van der Waals surface area contributed by atoms with Crippen LogP contribution < -0.4 is 5.32 Å². The first-order chi connectivity index (χ1) is 9.94. The molecule has 1 heterocycles. The predicted octanol–water partition coefficient (Wildman–Crippen LogP) is 1.77. The molecule has 7 heteroatoms. The third kappa shape index (κ3) is 3.68. The zero-order valence-corrected chi connectivity index (χ0v) is 12.2. The maximum atomic E-state index is 11.5. The van der Waals surface area contributed by atoms with Crippen LogP contribution in [0, 0.1) is 6.92 Å². The molecular formula is C14H19N3O4. The van der Waals surface area contributed by atoms with Crippen LogP contribution in [0.15, 0.2) is 6.07 Å². The first-order valence-corrected chi connectivity index (χ1v) is 6.88. The van der Waals surface area contributed by atoms with Gasteiger partial charge in [0.1, 0.15) is 5.82 Å². The van der Waals surface area contributed by atoms with Crippen LogP contribution in [0.3, 0.4) is 0 Å². The van der Waals surface area contributed by atoms with Gasteiger partial charge >= 0.3 is 11.9 Å². The number of carboxylic acids is 1. The highest BCUT2D eigenvalue weighted by atomic mass is 16.5. The van der Waals surface area contributed by atoms with E-state index < -0.39 is 17.5 Å². The van der Waals surface area contributed by atoms with Crippen molar-refractivity contribution in [1.29, 1.82) is 0 Å². The normalized spacial score (nSPS) is 16.5. The average Bonchev–Trinajstić information content (AvgIpc) is 2.84. The van der Waals surface area contributed by atoms with Crippen molar-refractivity contribution in [2.75, 3.05) is 12.4 Å². The van der Waals surface area contributed by atoms with Gasteiger partial charge in [-0.1, -0.05) is 12.8 Å². The largest absolute Gasteiger partial charge is 0.481 e. The Kier molecular flexibility index (Phi) is 4.40. The quantitative estimate of drug-likeness (QED) is 0.798. The smallest absolute Gasteiger partial charge is 0.376 e. The maximum absolute atomic E-state index is 11.5. The minimum atomic E-state index is -0.844. The number of carbonyl (C=O) groups is 2. The number of hydrogen-bond acceptors (Lipinski definition) is 6. The van der Waals surface area contributed by atoms with Crippen LogP contribution in [-0.2, 0) is 9.53 Å². The molecule has 0 unspecified atom stereocenters. The van der Waals surface area contributed by atoms with Crippen molar-refractivity contribution in [2.24, 2.45) is 0 Å². The zero-order chi connectivity index (χ0) is 15.5. The molecule has 0 aliphatic heterocycles. The Labute approximate surface area is 122 Å². The van der Waals surface area contributed by atoms with E-state index in [4.69, 9.17) is 5.11 Å². The summed E-state index contributed by atoms with van der Waals surface area (Å²) in [5.74, 6) is -1.02. The molecule has 1 aliphatic carbocycles. The molecule has 2 N–H and O–H groups in total. The number of aryl methyl sites for hydroxylation is 1. The Morgan fingerprint density at radius 2 is 2.05 bits per heavy atom. The molecule has 1 aliphatic rings. The first kappa shape index (κ1) is 15.2. The summed E-state index contributed by atoms with van der Waals surface area (Å²) in [6, 6.07) is 1.70. The topological polar surface area (TPSA) is 101 Å². The summed E-state index contributed by atoms with van der Waals surface area (Å²) < 4.78 is 4.62. The predicted molar refractivity (Wildman–Crippen MR) is 75.2 cm³/mol. The highest BCUT2D eigenvalue weighted by Crippen LogP contribution is 2.35. The summed E-state index contributed by atoms with van der Waals surface area (Å²) in [7, 11) is 1.27. The van der Waals surface area contributed by atoms with E-state index in [1.54, 1.807) is 13.0 Å². The van der Waals surface area contributed by atoms with Crippen LogP contribution >= 0.6 is 0 Å². The summed E-state index contributed by atoms with van der Waals surface area (Å²) >= 11 is 0. The van der Waals surface area contributed by atoms with E-state index in [9.17, 15) is 9.59 Å². The van der Waals surface area contributed by atoms with Gasteiger partial charge in [-0.2, -0.15) is 0 Å². The van der Waals surface area contributed by atoms with E-state index in [-0.39, 0.29) is 12.2 Å². The summed E-state index contributed by atoms with van der Waals surface area (Å²) in [6.45, 7) is 1.75. The molecule has 0 atom stereocenters. The van der Waals surface area contributed by atoms with Gasteiger partial charge in [0.25, 0.3) is 0 Å². The zero-order valence-electron chi connectivity index (χ0n) is 12.2. The Morgan fingerprint density at radius 1 is 1.38 bits per heavy atom. The lowest BCUT2D eigenvalue weighted by Crippen LogP contribution is -2.38. The number of ether oxygens (including phenoxy) is 1. The molecule has 0 radical (unpaired) electrons. The molecule has 1 fully saturated rings. The number of nitrogens with zero attached hydrogens (tertiary/aromatic N) is 2. The molecule has 1 aromatic rings. The van der Waals surface area contributed by atoms with Crippen molar-refractivity contribution >= 4 is 17.8 Å². The molecular weight excluding hydrogens is 274 g/mol. The van der Waals surface area contributed by atoms with Crippen LogP contribution in [0.2, 0.25) is 0 Å². The van der Waals surface area contributed by atoms with E-state index in [1.807, 2.05) is 0 Å². The third-order valence-electron chi connectivity index (χ3n) is 3.67. The number of aromatic nitrogens is 2. The van der Waals surface area contributed by atoms with Crippen LogP contribution in [-0.4, -0.2) is 39.7 Å². The maximum Gasteiger partial charge on any atom is 0.376 e. The molecule has 0 bridgehead atoms. The number of esters is 1. The van der Waals surface area contributed by atoms with Crippen LogP contribution in [0.25, 0.3) is 0 Å². The van der Waals surface area contributed by atoms with E-state index in [0.717, 1.165) is 25.7 Å². The molecule has 21 heavy (non-hydrogen) atoms. The van der Waals surface area contributed by atoms with Gasteiger partial charge in [0.15, 0.2) is 0 Å². The van der Waals surface area contributed by atoms with Gasteiger partial charge in [-0.3, -0.25) is 4.79 Å². The molecule has 2 rings (SSSR count). The Morgan fingerprint density at radius 3 is 2.62 bits per heavy atom. The molecule has 0 saturated heterocycles. The summed E-state index contributed by atoms with van der Waals surface area (Å²) in [4.78, 5) is 30.8. The van der Waals surface area contributed by atoms with Crippen LogP contribution in [0.1, 0.15) is 48.4 Å². The Bertz CT molecular complexity index is 553. The fraction of sp³-hybridized carbons (Fsp3) is 0.571. The minimum absolute atomic E-state index is 0.0246. The highest BCUT2D eigenvalue weighted by Gasteiger charge is 2.36. The average molecular weight is 293 g/mol. The number of aliphatic carboxylic acids is 1. The molecule has 0 spiro atoms. The van der Waals surface area contributed by atoms with Crippen molar-refractivity contribution < 1.29 is 19.4 Å². The molecule has 0 aromatic carbocycles. The second kappa shape index (κ2) is 6.07. The van der Waals surface area contributed by atoms with Crippen molar-refractivity contribution in [3.05, 3.63) is 17.6 Å². The van der Waals surface area contributed by atoms with E-state index >= 15 is 0 Å². The molecule has 1 aromatic heterocycles. The number of anilines is 1. The Hall–Kier alpha value is -2.18. The second-order valence-corrected chi connectivity index (χ2v) is 5.39. The molecule has 7 nitrogen and oxygen atoms in total. The summed E-state index contributed by atoms with van der Waals surface area (Å²) in [5.41, 5.74) is 0.122. The number of nitrogens with one attached hydrogen (secondary N) is 1. The number of rotatable bonds is 5. The van der Waals surface area contributed by atoms with Gasteiger partial charge < -0.3 is 15.2 Å². The summed E-state index contributed by atoms with van der Waals surface area (Å²) in [5, 5.41) is 12.3. The van der Waals surface area contributed by atoms with Crippen molar-refractivity contribution in [3.63, 3.8) is 0 Å².